The van der Waals surface area contributed by atoms with E-state index in [4.69, 9.17) is 0 Å². The lowest BCUT2D eigenvalue weighted by Crippen LogP contribution is -2.44. The van der Waals surface area contributed by atoms with Crippen molar-refractivity contribution in [2.45, 2.75) is 79.9 Å². The number of aryl methyl sites for hydroxylation is 4. The van der Waals surface area contributed by atoms with E-state index < -0.39 is 6.36 Å². The highest BCUT2D eigenvalue weighted by atomic mass is 19.4. The monoisotopic (exact) mass is 677 g/mol. The Labute approximate surface area is 294 Å². The summed E-state index contributed by atoms with van der Waals surface area (Å²) in [5.41, 5.74) is 15.6. The summed E-state index contributed by atoms with van der Waals surface area (Å²) in [7, 11) is 0. The number of alkyl halides is 3. The molecule has 0 N–H and O–H groups in total. The number of hydrogen-bond acceptors (Lipinski definition) is 4. The van der Waals surface area contributed by atoms with Gasteiger partial charge in [0.15, 0.2) is 0 Å². The molecule has 1 aliphatic heterocycles. The Morgan fingerprint density at radius 2 is 1.24 bits per heavy atom. The lowest BCUT2D eigenvalue weighted by atomic mass is 9.95. The van der Waals surface area contributed by atoms with Crippen LogP contribution in [0.25, 0.3) is 22.3 Å². The molecule has 50 heavy (non-hydrogen) atoms. The van der Waals surface area contributed by atoms with Crippen molar-refractivity contribution in [3.05, 3.63) is 136 Å². The molecule has 0 saturated carbocycles. The molecule has 0 bridgehead atoms. The minimum absolute atomic E-state index is 0.213. The molecule has 6 rings (SSSR count). The number of ether oxygens (including phenoxy) is 1. The number of halogens is 3. The molecule has 0 radical (unpaired) electrons. The Kier molecular flexibility index (Phi) is 10.4. The molecule has 2 heterocycles. The van der Waals surface area contributed by atoms with Crippen LogP contribution in [0.3, 0.4) is 0 Å². The lowest BCUT2D eigenvalue weighted by Gasteiger charge is -2.40. The largest absolute Gasteiger partial charge is 0.573 e. The van der Waals surface area contributed by atoms with Gasteiger partial charge in [0.25, 0.3) is 0 Å². The number of nitrogens with zero attached hydrogens (tertiary/aromatic N) is 3. The molecule has 7 heteroatoms. The van der Waals surface area contributed by atoms with Crippen LogP contribution in [-0.4, -0.2) is 35.4 Å². The first kappa shape index (κ1) is 35.2. The molecule has 0 atom stereocenters. The molecule has 260 valence electrons. The van der Waals surface area contributed by atoms with E-state index in [1.165, 1.54) is 62.2 Å². The van der Waals surface area contributed by atoms with Crippen LogP contribution in [0, 0.1) is 41.5 Å². The molecule has 0 spiro atoms. The fourth-order valence-corrected chi connectivity index (χ4v) is 7.10. The maximum absolute atomic E-state index is 12.9. The van der Waals surface area contributed by atoms with E-state index in [1.54, 1.807) is 12.1 Å². The lowest BCUT2D eigenvalue weighted by molar-refractivity contribution is -0.274. The van der Waals surface area contributed by atoms with Gasteiger partial charge in [-0.3, -0.25) is 9.88 Å². The molecule has 1 fully saturated rings. The maximum atomic E-state index is 12.9. The van der Waals surface area contributed by atoms with E-state index in [-0.39, 0.29) is 11.8 Å². The van der Waals surface area contributed by atoms with Gasteiger partial charge in [0, 0.05) is 55.9 Å². The van der Waals surface area contributed by atoms with Crippen molar-refractivity contribution in [2.24, 2.45) is 0 Å². The molecular weight excluding hydrogens is 631 g/mol. The van der Waals surface area contributed by atoms with Gasteiger partial charge in [-0.1, -0.05) is 42.5 Å². The predicted molar refractivity (Wildman–Crippen MR) is 198 cm³/mol. The molecule has 5 aromatic rings. The number of anilines is 1. The summed E-state index contributed by atoms with van der Waals surface area (Å²) < 4.78 is 43.0. The van der Waals surface area contributed by atoms with E-state index in [1.807, 2.05) is 12.4 Å². The molecule has 1 aliphatic rings. The summed E-state index contributed by atoms with van der Waals surface area (Å²) in [6.45, 7) is 16.2. The highest BCUT2D eigenvalue weighted by Gasteiger charge is 2.31. The van der Waals surface area contributed by atoms with E-state index in [0.717, 1.165) is 54.9 Å². The smallest absolute Gasteiger partial charge is 0.406 e. The van der Waals surface area contributed by atoms with Crippen molar-refractivity contribution in [3.8, 4) is 28.0 Å². The average Bonchev–Trinajstić information content (AvgIpc) is 3.08. The summed E-state index contributed by atoms with van der Waals surface area (Å²) in [4.78, 5) is 9.42. The Bertz CT molecular complexity index is 1910. The molecular formula is C43H46F3N3O. The summed E-state index contributed by atoms with van der Waals surface area (Å²) in [6.07, 6.45) is 1.04. The van der Waals surface area contributed by atoms with Crippen LogP contribution in [-0.2, 0) is 13.1 Å². The highest BCUT2D eigenvalue weighted by Crippen LogP contribution is 2.32. The minimum atomic E-state index is -4.73. The first-order valence-electron chi connectivity index (χ1n) is 17.4. The van der Waals surface area contributed by atoms with Crippen molar-refractivity contribution in [1.29, 1.82) is 0 Å². The Balaban J connectivity index is 1.20. The average molecular weight is 678 g/mol. The topological polar surface area (TPSA) is 28.6 Å². The first-order valence-corrected chi connectivity index (χ1v) is 17.4. The van der Waals surface area contributed by atoms with Gasteiger partial charge in [-0.25, -0.2) is 0 Å². The number of benzene rings is 4. The van der Waals surface area contributed by atoms with E-state index in [9.17, 15) is 13.2 Å². The van der Waals surface area contributed by atoms with Crippen LogP contribution in [0.4, 0.5) is 18.9 Å². The second kappa shape index (κ2) is 14.7. The van der Waals surface area contributed by atoms with E-state index in [0.29, 0.717) is 6.54 Å². The zero-order valence-corrected chi connectivity index (χ0v) is 29.9. The number of aromatic nitrogens is 1. The van der Waals surface area contributed by atoms with Gasteiger partial charge in [-0.05, 0) is 152 Å². The Morgan fingerprint density at radius 3 is 1.82 bits per heavy atom. The molecule has 0 amide bonds. The fraction of sp³-hybridized carbons (Fsp3) is 0.326. The highest BCUT2D eigenvalue weighted by molar-refractivity contribution is 5.68. The predicted octanol–water partition coefficient (Wildman–Crippen LogP) is 10.8. The molecule has 0 aliphatic carbocycles. The van der Waals surface area contributed by atoms with Crippen molar-refractivity contribution in [3.63, 3.8) is 0 Å². The molecule has 1 aromatic heterocycles. The quantitative estimate of drug-likeness (QED) is 0.155. The Morgan fingerprint density at radius 1 is 0.680 bits per heavy atom. The number of pyridine rings is 1. The maximum Gasteiger partial charge on any atom is 0.573 e. The van der Waals surface area contributed by atoms with Gasteiger partial charge >= 0.3 is 6.36 Å². The zero-order chi connectivity index (χ0) is 35.6. The van der Waals surface area contributed by atoms with Gasteiger partial charge in [-0.2, -0.15) is 0 Å². The van der Waals surface area contributed by atoms with Crippen molar-refractivity contribution in [1.82, 2.24) is 9.88 Å². The first-order chi connectivity index (χ1) is 23.8. The van der Waals surface area contributed by atoms with Crippen LogP contribution in [0.5, 0.6) is 5.75 Å². The fourth-order valence-electron chi connectivity index (χ4n) is 7.10. The summed E-state index contributed by atoms with van der Waals surface area (Å²) in [5.74, 6) is -0.213. The molecule has 0 unspecified atom stereocenters. The number of likely N-dealkylation sites (tertiary alicyclic amines) is 1. The molecule has 1 saturated heterocycles. The summed E-state index contributed by atoms with van der Waals surface area (Å²) in [6, 6.07) is 26.4. The SMILES string of the molecule is Cc1cc(-c2cncc(CN3CCC(N(Cc4cccc(-c5cc(C)c(C)c(C)c5)c4)c4ccc(OC(F)(F)F)cc4)CC3)c2)cc(C)c1C. The van der Waals surface area contributed by atoms with Gasteiger partial charge in [0.05, 0.1) is 0 Å². The van der Waals surface area contributed by atoms with Crippen LogP contribution >= 0.6 is 0 Å². The Hall–Kier alpha value is -4.62. The third-order valence-corrected chi connectivity index (χ3v) is 10.4. The molecule has 4 nitrogen and oxygen atoms in total. The normalized spacial score (nSPS) is 14.2. The minimum Gasteiger partial charge on any atom is -0.406 e. The summed E-state index contributed by atoms with van der Waals surface area (Å²) in [5, 5.41) is 0. The second-order valence-electron chi connectivity index (χ2n) is 13.9. The zero-order valence-electron chi connectivity index (χ0n) is 29.9. The number of hydrogen-bond donors (Lipinski definition) is 0. The van der Waals surface area contributed by atoms with Gasteiger partial charge < -0.3 is 9.64 Å². The molecule has 4 aromatic carbocycles. The number of rotatable bonds is 9. The van der Waals surface area contributed by atoms with E-state index >= 15 is 0 Å². The van der Waals surface area contributed by atoms with Crippen LogP contribution < -0.4 is 9.64 Å². The van der Waals surface area contributed by atoms with Gasteiger partial charge in [-0.15, -0.1) is 13.2 Å². The van der Waals surface area contributed by atoms with Crippen LogP contribution in [0.15, 0.2) is 91.3 Å². The van der Waals surface area contributed by atoms with Crippen molar-refractivity contribution in [2.75, 3.05) is 18.0 Å². The standard InChI is InChI=1S/C43H46F3N3O/c1-28-18-37(19-29(2)32(28)5)36-9-7-8-34(22-36)27-49(40-10-12-42(13-11-40)50-43(44,45)46)41-14-16-48(17-15-41)26-35-23-39(25-47-24-35)38-20-30(3)33(6)31(4)21-38/h7-13,18-25,41H,14-17,26-27H2,1-6H3. The third kappa shape index (κ3) is 8.39. The van der Waals surface area contributed by atoms with Crippen LogP contribution in [0.1, 0.15) is 57.3 Å². The number of piperidine rings is 1. The van der Waals surface area contributed by atoms with Crippen molar-refractivity contribution < 1.29 is 17.9 Å². The van der Waals surface area contributed by atoms with Gasteiger partial charge in [0.2, 0.25) is 0 Å². The van der Waals surface area contributed by atoms with Gasteiger partial charge in [0.1, 0.15) is 5.75 Å². The van der Waals surface area contributed by atoms with Crippen LogP contribution in [0.2, 0.25) is 0 Å². The second-order valence-corrected chi connectivity index (χ2v) is 13.9. The van der Waals surface area contributed by atoms with Crippen molar-refractivity contribution >= 4 is 5.69 Å². The third-order valence-electron chi connectivity index (χ3n) is 10.4. The van der Waals surface area contributed by atoms with E-state index in [2.05, 4.69) is 116 Å². The summed E-state index contributed by atoms with van der Waals surface area (Å²) >= 11 is 0.